The Bertz CT molecular complexity index is 1030. The van der Waals surface area contributed by atoms with Crippen LogP contribution in [0.4, 0.5) is 4.79 Å². The van der Waals surface area contributed by atoms with Crippen molar-refractivity contribution in [3.63, 3.8) is 0 Å². The number of aromatic hydroxyl groups is 2. The van der Waals surface area contributed by atoms with Gasteiger partial charge < -0.3 is 14.9 Å². The van der Waals surface area contributed by atoms with E-state index in [4.69, 9.17) is 4.74 Å². The van der Waals surface area contributed by atoms with E-state index in [-0.39, 0.29) is 35.5 Å². The molecule has 0 saturated heterocycles. The van der Waals surface area contributed by atoms with Crippen LogP contribution in [0.25, 0.3) is 16.5 Å². The van der Waals surface area contributed by atoms with Gasteiger partial charge in [0.05, 0.1) is 17.9 Å². The number of aromatic nitrogens is 1. The summed E-state index contributed by atoms with van der Waals surface area (Å²) in [5.74, 6) is -1.12. The summed E-state index contributed by atoms with van der Waals surface area (Å²) in [6.07, 6.45) is -0.961. The maximum absolute atomic E-state index is 12.5. The number of para-hydroxylation sites is 1. The van der Waals surface area contributed by atoms with Crippen LogP contribution in [-0.2, 0) is 4.74 Å². The number of azo groups is 1. The second-order valence-electron chi connectivity index (χ2n) is 6.52. The van der Waals surface area contributed by atoms with Crippen LogP contribution in [0.15, 0.2) is 58.8 Å². The normalized spacial score (nSPS) is 11.4. The summed E-state index contributed by atoms with van der Waals surface area (Å²) in [4.78, 5) is 24.0. The van der Waals surface area contributed by atoms with Gasteiger partial charge in [-0.25, -0.2) is 9.36 Å². The molecule has 0 saturated carbocycles. The summed E-state index contributed by atoms with van der Waals surface area (Å²) in [6, 6.07) is 13.0. The van der Waals surface area contributed by atoms with Crippen molar-refractivity contribution >= 4 is 22.8 Å². The van der Waals surface area contributed by atoms with Crippen molar-refractivity contribution < 1.29 is 24.5 Å². The molecule has 144 valence electrons. The number of carbonyl (C=O) groups is 2. The Hall–Kier alpha value is -3.68. The molecule has 0 atom stereocenters. The largest absolute Gasteiger partial charge is 0.494 e. The number of ether oxygens (including phenoxy) is 1. The molecular formula is C20H19N3O5. The molecule has 2 amide bonds. The SMILES string of the molecule is CC(C)COC(=O)N=NC(=O)c1ccccc1-n1c(O)c2ccccc2c1O. The lowest BCUT2D eigenvalue weighted by molar-refractivity contribution is 0.0986. The Balaban J connectivity index is 1.97. The highest BCUT2D eigenvalue weighted by Gasteiger charge is 2.21. The van der Waals surface area contributed by atoms with E-state index < -0.39 is 12.0 Å². The van der Waals surface area contributed by atoms with Gasteiger partial charge in [-0.3, -0.25) is 4.79 Å². The van der Waals surface area contributed by atoms with E-state index in [0.717, 1.165) is 4.57 Å². The standard InChI is InChI=1S/C20H19N3O5/c1-12(2)11-28-20(27)22-21-17(24)15-9-5-6-10-16(15)23-18(25)13-7-3-4-8-14(13)19(23)26/h3-10,12,25-26H,11H2,1-2H3. The molecule has 3 rings (SSSR count). The number of benzene rings is 2. The first-order chi connectivity index (χ1) is 13.4. The predicted molar refractivity (Wildman–Crippen MR) is 102 cm³/mol. The lowest BCUT2D eigenvalue weighted by atomic mass is 10.1. The Morgan fingerprint density at radius 3 is 2.14 bits per heavy atom. The van der Waals surface area contributed by atoms with Crippen LogP contribution in [0.2, 0.25) is 0 Å². The van der Waals surface area contributed by atoms with Crippen molar-refractivity contribution in [2.24, 2.45) is 16.1 Å². The van der Waals surface area contributed by atoms with E-state index in [9.17, 15) is 19.8 Å². The van der Waals surface area contributed by atoms with Crippen LogP contribution < -0.4 is 0 Å². The molecule has 0 radical (unpaired) electrons. The molecule has 0 fully saturated rings. The second-order valence-corrected chi connectivity index (χ2v) is 6.52. The van der Waals surface area contributed by atoms with Crippen molar-refractivity contribution in [2.75, 3.05) is 6.61 Å². The van der Waals surface area contributed by atoms with Crippen molar-refractivity contribution in [3.8, 4) is 17.4 Å². The Kier molecular flexibility index (Phi) is 5.39. The minimum absolute atomic E-state index is 0.0498. The summed E-state index contributed by atoms with van der Waals surface area (Å²) >= 11 is 0. The zero-order valence-corrected chi connectivity index (χ0v) is 15.4. The lowest BCUT2D eigenvalue weighted by Gasteiger charge is -2.10. The highest BCUT2D eigenvalue weighted by molar-refractivity contribution is 6.00. The third-order valence-corrected chi connectivity index (χ3v) is 3.97. The fraction of sp³-hybridized carbons (Fsp3) is 0.200. The number of amides is 2. The van der Waals surface area contributed by atoms with Gasteiger partial charge in [0.25, 0.3) is 5.91 Å². The van der Waals surface area contributed by atoms with Crippen LogP contribution in [0.5, 0.6) is 11.8 Å². The van der Waals surface area contributed by atoms with Gasteiger partial charge in [0.1, 0.15) is 0 Å². The molecule has 1 heterocycles. The zero-order chi connectivity index (χ0) is 20.3. The zero-order valence-electron chi connectivity index (χ0n) is 15.4. The average Bonchev–Trinajstić information content (AvgIpc) is 2.95. The Labute approximate surface area is 160 Å². The van der Waals surface area contributed by atoms with E-state index in [1.165, 1.54) is 12.1 Å². The highest BCUT2D eigenvalue weighted by atomic mass is 16.5. The van der Waals surface area contributed by atoms with Gasteiger partial charge in [-0.05, 0) is 30.2 Å². The molecule has 0 bridgehead atoms. The first-order valence-corrected chi connectivity index (χ1v) is 8.63. The molecule has 3 aromatic rings. The number of nitrogens with zero attached hydrogens (tertiary/aromatic N) is 3. The van der Waals surface area contributed by atoms with Crippen molar-refractivity contribution in [2.45, 2.75) is 13.8 Å². The highest BCUT2D eigenvalue weighted by Crippen LogP contribution is 2.39. The van der Waals surface area contributed by atoms with Gasteiger partial charge in [0, 0.05) is 10.8 Å². The summed E-state index contributed by atoms with van der Waals surface area (Å²) in [5.41, 5.74) is 0.252. The van der Waals surface area contributed by atoms with E-state index in [1.807, 2.05) is 13.8 Å². The van der Waals surface area contributed by atoms with Crippen LogP contribution in [0, 0.1) is 5.92 Å². The minimum atomic E-state index is -0.961. The van der Waals surface area contributed by atoms with Crippen LogP contribution in [0.3, 0.4) is 0 Å². The summed E-state index contributed by atoms with van der Waals surface area (Å²) < 4.78 is 5.99. The molecular weight excluding hydrogens is 362 g/mol. The third-order valence-electron chi connectivity index (χ3n) is 3.97. The molecule has 0 aliphatic carbocycles. The lowest BCUT2D eigenvalue weighted by Crippen LogP contribution is -2.07. The van der Waals surface area contributed by atoms with Crippen LogP contribution in [0.1, 0.15) is 24.2 Å². The van der Waals surface area contributed by atoms with Gasteiger partial charge in [-0.1, -0.05) is 48.3 Å². The number of fused-ring (bicyclic) bond motifs is 1. The van der Waals surface area contributed by atoms with E-state index in [2.05, 4.69) is 10.2 Å². The first kappa shape index (κ1) is 19.1. The van der Waals surface area contributed by atoms with Crippen molar-refractivity contribution in [3.05, 3.63) is 54.1 Å². The fourth-order valence-corrected chi connectivity index (χ4v) is 2.70. The van der Waals surface area contributed by atoms with Crippen molar-refractivity contribution in [1.82, 2.24) is 4.57 Å². The van der Waals surface area contributed by atoms with Gasteiger partial charge in [-0.2, -0.15) is 0 Å². The smallest absolute Gasteiger partial charge is 0.452 e. The molecule has 28 heavy (non-hydrogen) atoms. The predicted octanol–water partition coefficient (Wildman–Crippen LogP) is 4.43. The maximum Gasteiger partial charge on any atom is 0.452 e. The number of hydrogen-bond acceptors (Lipinski definition) is 5. The first-order valence-electron chi connectivity index (χ1n) is 8.63. The molecule has 8 nitrogen and oxygen atoms in total. The summed E-state index contributed by atoms with van der Waals surface area (Å²) in [7, 11) is 0. The van der Waals surface area contributed by atoms with Gasteiger partial charge in [-0.15, -0.1) is 0 Å². The van der Waals surface area contributed by atoms with E-state index in [1.54, 1.807) is 36.4 Å². The quantitative estimate of drug-likeness (QED) is 0.649. The second kappa shape index (κ2) is 7.91. The topological polar surface area (TPSA) is 113 Å². The molecule has 2 N–H and O–H groups in total. The molecule has 0 aliphatic heterocycles. The van der Waals surface area contributed by atoms with E-state index in [0.29, 0.717) is 10.8 Å². The number of hydrogen-bond donors (Lipinski definition) is 2. The molecule has 1 aromatic heterocycles. The molecule has 0 aliphatic rings. The number of carbonyl (C=O) groups excluding carboxylic acids is 2. The number of rotatable bonds is 4. The average molecular weight is 381 g/mol. The van der Waals surface area contributed by atoms with Gasteiger partial charge in [0.2, 0.25) is 11.8 Å². The summed E-state index contributed by atoms with van der Waals surface area (Å²) in [6.45, 7) is 3.90. The molecule has 2 aromatic carbocycles. The monoisotopic (exact) mass is 381 g/mol. The van der Waals surface area contributed by atoms with Crippen LogP contribution >= 0.6 is 0 Å². The Morgan fingerprint density at radius 1 is 0.964 bits per heavy atom. The Morgan fingerprint density at radius 2 is 1.54 bits per heavy atom. The molecule has 0 unspecified atom stereocenters. The molecule has 0 spiro atoms. The minimum Gasteiger partial charge on any atom is -0.494 e. The van der Waals surface area contributed by atoms with Gasteiger partial charge in [0.15, 0.2) is 0 Å². The fourth-order valence-electron chi connectivity index (χ4n) is 2.70. The van der Waals surface area contributed by atoms with Crippen molar-refractivity contribution in [1.29, 1.82) is 0 Å². The maximum atomic E-state index is 12.5. The third kappa shape index (κ3) is 3.71. The summed E-state index contributed by atoms with van der Waals surface area (Å²) in [5, 5.41) is 28.6. The van der Waals surface area contributed by atoms with E-state index >= 15 is 0 Å². The molecule has 8 heteroatoms. The van der Waals surface area contributed by atoms with Crippen LogP contribution in [-0.4, -0.2) is 33.4 Å². The van der Waals surface area contributed by atoms with Gasteiger partial charge >= 0.3 is 6.09 Å².